The van der Waals surface area contributed by atoms with Crippen molar-refractivity contribution in [2.75, 3.05) is 5.32 Å². The summed E-state index contributed by atoms with van der Waals surface area (Å²) < 4.78 is 18.7. The Kier molecular flexibility index (Phi) is 4.19. The fourth-order valence-corrected chi connectivity index (χ4v) is 1.91. The van der Waals surface area contributed by atoms with Crippen LogP contribution < -0.4 is 5.32 Å². The van der Waals surface area contributed by atoms with Gasteiger partial charge in [0.05, 0.1) is 12.0 Å². The largest absolute Gasteiger partial charge is 0.469 e. The highest BCUT2D eigenvalue weighted by Crippen LogP contribution is 2.19. The van der Waals surface area contributed by atoms with E-state index in [0.717, 1.165) is 18.6 Å². The number of nitriles is 1. The molecule has 0 saturated heterocycles. The van der Waals surface area contributed by atoms with Gasteiger partial charge in [-0.05, 0) is 37.6 Å². The molecule has 1 N–H and O–H groups in total. The lowest BCUT2D eigenvalue weighted by Crippen LogP contribution is -2.17. The second-order valence-corrected chi connectivity index (χ2v) is 4.44. The van der Waals surface area contributed by atoms with E-state index in [0.29, 0.717) is 5.69 Å². The van der Waals surface area contributed by atoms with Crippen molar-refractivity contribution in [2.45, 2.75) is 25.8 Å². The van der Waals surface area contributed by atoms with Crippen LogP contribution in [0.5, 0.6) is 0 Å². The second-order valence-electron chi connectivity index (χ2n) is 4.44. The van der Waals surface area contributed by atoms with Crippen LogP contribution in [-0.4, -0.2) is 6.04 Å². The molecule has 0 radical (unpaired) electrons. The normalized spacial score (nSPS) is 11.8. The van der Waals surface area contributed by atoms with Crippen LogP contribution >= 0.6 is 0 Å². The van der Waals surface area contributed by atoms with Crippen LogP contribution in [0.3, 0.4) is 0 Å². The van der Waals surface area contributed by atoms with Crippen LogP contribution in [0.15, 0.2) is 41.0 Å². The fourth-order valence-electron chi connectivity index (χ4n) is 1.91. The molecule has 0 aliphatic carbocycles. The maximum atomic E-state index is 13.4. The van der Waals surface area contributed by atoms with Crippen molar-refractivity contribution in [3.63, 3.8) is 0 Å². The van der Waals surface area contributed by atoms with Gasteiger partial charge >= 0.3 is 0 Å². The molecule has 0 amide bonds. The molecule has 1 heterocycles. The lowest BCUT2D eigenvalue weighted by atomic mass is 10.1. The van der Waals surface area contributed by atoms with E-state index >= 15 is 0 Å². The van der Waals surface area contributed by atoms with Crippen molar-refractivity contribution < 1.29 is 8.81 Å². The maximum Gasteiger partial charge on any atom is 0.143 e. The molecule has 19 heavy (non-hydrogen) atoms. The molecule has 1 unspecified atom stereocenters. The minimum Gasteiger partial charge on any atom is -0.469 e. The molecule has 0 fully saturated rings. The van der Waals surface area contributed by atoms with E-state index in [9.17, 15) is 4.39 Å². The van der Waals surface area contributed by atoms with E-state index in [1.165, 1.54) is 6.07 Å². The van der Waals surface area contributed by atoms with Gasteiger partial charge in [0.15, 0.2) is 0 Å². The molecule has 1 aromatic heterocycles. The van der Waals surface area contributed by atoms with E-state index < -0.39 is 5.82 Å². The van der Waals surface area contributed by atoms with E-state index in [-0.39, 0.29) is 11.6 Å². The van der Waals surface area contributed by atoms with Gasteiger partial charge in [0.25, 0.3) is 0 Å². The molecule has 2 aromatic rings. The number of furan rings is 1. The smallest absolute Gasteiger partial charge is 0.143 e. The van der Waals surface area contributed by atoms with Gasteiger partial charge in [-0.2, -0.15) is 5.26 Å². The number of hydrogen-bond acceptors (Lipinski definition) is 3. The Hall–Kier alpha value is -2.28. The molecule has 0 aliphatic rings. The van der Waals surface area contributed by atoms with E-state index in [2.05, 4.69) is 5.32 Å². The molecule has 4 heteroatoms. The van der Waals surface area contributed by atoms with Gasteiger partial charge in [0.1, 0.15) is 23.2 Å². The Balaban J connectivity index is 1.97. The lowest BCUT2D eigenvalue weighted by Gasteiger charge is -2.15. The molecule has 0 bridgehead atoms. The van der Waals surface area contributed by atoms with Gasteiger partial charge in [-0.3, -0.25) is 0 Å². The summed E-state index contributed by atoms with van der Waals surface area (Å²) >= 11 is 0. The average molecular weight is 258 g/mol. The average Bonchev–Trinajstić information content (AvgIpc) is 2.90. The highest BCUT2D eigenvalue weighted by Gasteiger charge is 2.10. The quantitative estimate of drug-likeness (QED) is 0.889. The summed E-state index contributed by atoms with van der Waals surface area (Å²) in [6, 6.07) is 10.4. The summed E-state index contributed by atoms with van der Waals surface area (Å²) in [7, 11) is 0. The number of rotatable bonds is 5. The third-order valence-electron chi connectivity index (χ3n) is 2.93. The molecule has 0 spiro atoms. The van der Waals surface area contributed by atoms with Gasteiger partial charge in [-0.25, -0.2) is 4.39 Å². The SMILES string of the molecule is CC(CCc1ccco1)Nc1cccc(F)c1C#N. The standard InChI is InChI=1S/C15H15FN2O/c1-11(7-8-12-4-3-9-19-12)18-15-6-2-5-14(16)13(15)10-17/h2-6,9,11,18H,7-8H2,1H3. The first-order valence-electron chi connectivity index (χ1n) is 6.18. The molecule has 0 aliphatic heterocycles. The summed E-state index contributed by atoms with van der Waals surface area (Å²) in [5.74, 6) is 0.430. The van der Waals surface area contributed by atoms with Crippen molar-refractivity contribution >= 4 is 5.69 Å². The van der Waals surface area contributed by atoms with E-state index in [1.54, 1.807) is 18.4 Å². The maximum absolute atomic E-state index is 13.4. The van der Waals surface area contributed by atoms with Gasteiger partial charge in [0.2, 0.25) is 0 Å². The molecular weight excluding hydrogens is 243 g/mol. The summed E-state index contributed by atoms with van der Waals surface area (Å²) in [6.07, 6.45) is 3.29. The number of halogens is 1. The highest BCUT2D eigenvalue weighted by atomic mass is 19.1. The molecule has 98 valence electrons. The number of hydrogen-bond donors (Lipinski definition) is 1. The van der Waals surface area contributed by atoms with Crippen LogP contribution in [0, 0.1) is 17.1 Å². The molecule has 3 nitrogen and oxygen atoms in total. The van der Waals surface area contributed by atoms with Crippen molar-refractivity contribution in [2.24, 2.45) is 0 Å². The third kappa shape index (κ3) is 3.35. The Morgan fingerprint density at radius 3 is 2.89 bits per heavy atom. The minimum absolute atomic E-state index is 0.0624. The predicted octanol–water partition coefficient (Wildman–Crippen LogP) is 3.72. The van der Waals surface area contributed by atoms with Crippen LogP contribution in [0.4, 0.5) is 10.1 Å². The lowest BCUT2D eigenvalue weighted by molar-refractivity contribution is 0.495. The van der Waals surface area contributed by atoms with Crippen molar-refractivity contribution in [1.82, 2.24) is 0 Å². The Labute approximate surface area is 111 Å². The Morgan fingerprint density at radius 1 is 1.37 bits per heavy atom. The van der Waals surface area contributed by atoms with Crippen molar-refractivity contribution in [3.8, 4) is 6.07 Å². The fraction of sp³-hybridized carbons (Fsp3) is 0.267. The topological polar surface area (TPSA) is 49.0 Å². The first-order valence-corrected chi connectivity index (χ1v) is 6.18. The van der Waals surface area contributed by atoms with Crippen molar-refractivity contribution in [1.29, 1.82) is 5.26 Å². The third-order valence-corrected chi connectivity index (χ3v) is 2.93. The van der Waals surface area contributed by atoms with Crippen molar-refractivity contribution in [3.05, 3.63) is 53.7 Å². The van der Waals surface area contributed by atoms with Gasteiger partial charge in [-0.15, -0.1) is 0 Å². The summed E-state index contributed by atoms with van der Waals surface area (Å²) in [4.78, 5) is 0. The molecule has 2 rings (SSSR count). The number of nitrogens with zero attached hydrogens (tertiary/aromatic N) is 1. The second kappa shape index (κ2) is 6.05. The molecule has 0 saturated carbocycles. The number of benzene rings is 1. The van der Waals surface area contributed by atoms with Crippen LogP contribution in [0.2, 0.25) is 0 Å². The van der Waals surface area contributed by atoms with E-state index in [1.807, 2.05) is 25.1 Å². The monoisotopic (exact) mass is 258 g/mol. The molecule has 1 aromatic carbocycles. The first-order chi connectivity index (χ1) is 9.20. The van der Waals surface area contributed by atoms with Gasteiger partial charge in [-0.1, -0.05) is 6.07 Å². The summed E-state index contributed by atoms with van der Waals surface area (Å²) in [5, 5.41) is 12.1. The Morgan fingerprint density at radius 2 is 2.21 bits per heavy atom. The van der Waals surface area contributed by atoms with Gasteiger partial charge < -0.3 is 9.73 Å². The number of anilines is 1. The first kappa shape index (κ1) is 13.2. The summed E-state index contributed by atoms with van der Waals surface area (Å²) in [5.41, 5.74) is 0.599. The zero-order valence-electron chi connectivity index (χ0n) is 10.7. The predicted molar refractivity (Wildman–Crippen MR) is 71.2 cm³/mol. The van der Waals surface area contributed by atoms with Crippen LogP contribution in [0.1, 0.15) is 24.7 Å². The number of nitrogens with one attached hydrogen (secondary N) is 1. The van der Waals surface area contributed by atoms with Crippen LogP contribution in [-0.2, 0) is 6.42 Å². The zero-order chi connectivity index (χ0) is 13.7. The highest BCUT2D eigenvalue weighted by molar-refractivity contribution is 5.58. The Bertz CT molecular complexity index is 572. The van der Waals surface area contributed by atoms with Crippen LogP contribution in [0.25, 0.3) is 0 Å². The minimum atomic E-state index is -0.495. The number of aryl methyl sites for hydroxylation is 1. The van der Waals surface area contributed by atoms with E-state index in [4.69, 9.17) is 9.68 Å². The zero-order valence-corrected chi connectivity index (χ0v) is 10.7. The summed E-state index contributed by atoms with van der Waals surface area (Å²) in [6.45, 7) is 2.00. The van der Waals surface area contributed by atoms with Gasteiger partial charge in [0, 0.05) is 12.5 Å². The molecular formula is C15H15FN2O. The molecule has 1 atom stereocenters.